The van der Waals surface area contributed by atoms with Gasteiger partial charge in [-0.3, -0.25) is 0 Å². The minimum atomic E-state index is -4.51. The molecule has 1 aliphatic heterocycles. The van der Waals surface area contributed by atoms with Crippen LogP contribution in [0.25, 0.3) is 0 Å². The average molecular weight is 414 g/mol. The number of carbonyl (C=O) groups is 1. The first-order valence-electron chi connectivity index (χ1n) is 8.77. The molecule has 28 heavy (non-hydrogen) atoms. The standard InChI is InChI=1S/C20H19ClF3NO3/c21-17-10-14(20(22,23)24)6-7-16(17)18-11-15(26)8-9-25(18)19(27)28-12-13-4-2-1-3-5-13/h1-7,10,15,18,26H,8-9,11-12H2. The zero-order valence-electron chi connectivity index (χ0n) is 14.8. The Kier molecular flexibility index (Phi) is 6.15. The fourth-order valence-corrected chi connectivity index (χ4v) is 3.54. The molecule has 0 radical (unpaired) electrons. The minimum absolute atomic E-state index is 0.0756. The lowest BCUT2D eigenvalue weighted by atomic mass is 9.93. The van der Waals surface area contributed by atoms with Gasteiger partial charge in [0, 0.05) is 11.6 Å². The fourth-order valence-electron chi connectivity index (χ4n) is 3.24. The fraction of sp³-hybridized carbons (Fsp3) is 0.350. The molecule has 0 aromatic heterocycles. The van der Waals surface area contributed by atoms with Crippen molar-refractivity contribution < 1.29 is 27.8 Å². The highest BCUT2D eigenvalue weighted by Crippen LogP contribution is 2.38. The molecule has 1 saturated heterocycles. The number of hydrogen-bond donors (Lipinski definition) is 1. The smallest absolute Gasteiger partial charge is 0.416 e. The largest absolute Gasteiger partial charge is 0.445 e. The first-order chi connectivity index (χ1) is 13.3. The number of ether oxygens (including phenoxy) is 1. The van der Waals surface area contributed by atoms with E-state index in [9.17, 15) is 23.1 Å². The van der Waals surface area contributed by atoms with Crippen LogP contribution in [0.2, 0.25) is 5.02 Å². The van der Waals surface area contributed by atoms with Gasteiger partial charge >= 0.3 is 12.3 Å². The number of piperidine rings is 1. The first-order valence-corrected chi connectivity index (χ1v) is 9.15. The highest BCUT2D eigenvalue weighted by Gasteiger charge is 2.36. The molecule has 150 valence electrons. The van der Waals surface area contributed by atoms with Crippen molar-refractivity contribution in [1.82, 2.24) is 4.90 Å². The zero-order chi connectivity index (χ0) is 20.3. The molecular weight excluding hydrogens is 395 g/mol. The monoisotopic (exact) mass is 413 g/mol. The summed E-state index contributed by atoms with van der Waals surface area (Å²) in [5.41, 5.74) is 0.304. The first kappa shape index (κ1) is 20.5. The van der Waals surface area contributed by atoms with E-state index in [-0.39, 0.29) is 24.6 Å². The van der Waals surface area contributed by atoms with Crippen molar-refractivity contribution in [1.29, 1.82) is 0 Å². The lowest BCUT2D eigenvalue weighted by Crippen LogP contribution is -2.43. The second-order valence-electron chi connectivity index (χ2n) is 6.66. The predicted octanol–water partition coefficient (Wildman–Crippen LogP) is 5.19. The summed E-state index contributed by atoms with van der Waals surface area (Å²) in [5, 5.41) is 9.92. The topological polar surface area (TPSA) is 49.8 Å². The number of aliphatic hydroxyl groups is 1. The molecule has 2 unspecified atom stereocenters. The third-order valence-electron chi connectivity index (χ3n) is 4.70. The maximum absolute atomic E-state index is 12.9. The van der Waals surface area contributed by atoms with Gasteiger partial charge in [-0.15, -0.1) is 0 Å². The van der Waals surface area contributed by atoms with Crippen LogP contribution in [-0.2, 0) is 17.5 Å². The van der Waals surface area contributed by atoms with Gasteiger partial charge in [-0.05, 0) is 36.1 Å². The molecule has 0 spiro atoms. The van der Waals surface area contributed by atoms with Gasteiger partial charge in [0.25, 0.3) is 0 Å². The molecule has 2 atom stereocenters. The molecule has 8 heteroatoms. The molecule has 0 bridgehead atoms. The van der Waals surface area contributed by atoms with Crippen molar-refractivity contribution in [3.8, 4) is 0 Å². The Balaban J connectivity index is 1.79. The van der Waals surface area contributed by atoms with Crippen LogP contribution >= 0.6 is 11.6 Å². The molecule has 0 saturated carbocycles. The summed E-state index contributed by atoms with van der Waals surface area (Å²) in [6, 6.07) is 11.5. The molecule has 1 fully saturated rings. The van der Waals surface area contributed by atoms with Gasteiger partial charge in [0.15, 0.2) is 0 Å². The number of carbonyl (C=O) groups excluding carboxylic acids is 1. The van der Waals surface area contributed by atoms with E-state index in [0.717, 1.165) is 17.7 Å². The summed E-state index contributed by atoms with van der Waals surface area (Å²) in [7, 11) is 0. The number of benzene rings is 2. The normalized spacial score (nSPS) is 20.1. The summed E-state index contributed by atoms with van der Waals surface area (Å²) in [6.07, 6.45) is -5.26. The van der Waals surface area contributed by atoms with Crippen LogP contribution in [0.4, 0.5) is 18.0 Å². The van der Waals surface area contributed by atoms with E-state index >= 15 is 0 Å². The number of likely N-dealkylation sites (tertiary alicyclic amines) is 1. The summed E-state index contributed by atoms with van der Waals surface area (Å²) < 4.78 is 44.0. The number of hydrogen-bond acceptors (Lipinski definition) is 3. The molecule has 2 aromatic rings. The van der Waals surface area contributed by atoms with Crippen LogP contribution in [0.1, 0.15) is 35.6 Å². The van der Waals surface area contributed by atoms with E-state index in [4.69, 9.17) is 16.3 Å². The highest BCUT2D eigenvalue weighted by atomic mass is 35.5. The Morgan fingerprint density at radius 3 is 2.57 bits per heavy atom. The Labute approximate surface area is 165 Å². The Morgan fingerprint density at radius 2 is 1.93 bits per heavy atom. The molecular formula is C20H19ClF3NO3. The van der Waals surface area contributed by atoms with E-state index in [1.54, 1.807) is 0 Å². The number of halogens is 4. The lowest BCUT2D eigenvalue weighted by Gasteiger charge is -2.37. The van der Waals surface area contributed by atoms with Crippen molar-refractivity contribution in [2.45, 2.75) is 37.8 Å². The quantitative estimate of drug-likeness (QED) is 0.753. The van der Waals surface area contributed by atoms with E-state index in [0.29, 0.717) is 12.0 Å². The van der Waals surface area contributed by atoms with E-state index in [2.05, 4.69) is 0 Å². The minimum Gasteiger partial charge on any atom is -0.445 e. The van der Waals surface area contributed by atoms with Crippen LogP contribution in [-0.4, -0.2) is 28.7 Å². The van der Waals surface area contributed by atoms with Gasteiger partial charge in [0.05, 0.1) is 17.7 Å². The van der Waals surface area contributed by atoms with Gasteiger partial charge in [0.1, 0.15) is 6.61 Å². The highest BCUT2D eigenvalue weighted by molar-refractivity contribution is 6.31. The molecule has 4 nitrogen and oxygen atoms in total. The average Bonchev–Trinajstić information content (AvgIpc) is 2.66. The Hall–Kier alpha value is -2.25. The number of nitrogens with zero attached hydrogens (tertiary/aromatic N) is 1. The van der Waals surface area contributed by atoms with Gasteiger partial charge in [0.2, 0.25) is 0 Å². The van der Waals surface area contributed by atoms with Crippen LogP contribution in [0, 0.1) is 0 Å². The molecule has 1 amide bonds. The third kappa shape index (κ3) is 4.77. The summed E-state index contributed by atoms with van der Waals surface area (Å²) in [6.45, 7) is 0.295. The van der Waals surface area contributed by atoms with E-state index in [1.165, 1.54) is 11.0 Å². The molecule has 1 N–H and O–H groups in total. The molecule has 0 aliphatic carbocycles. The van der Waals surface area contributed by atoms with Crippen molar-refractivity contribution >= 4 is 17.7 Å². The maximum atomic E-state index is 12.9. The molecule has 1 aliphatic rings. The zero-order valence-corrected chi connectivity index (χ0v) is 15.6. The Morgan fingerprint density at radius 1 is 1.21 bits per heavy atom. The van der Waals surface area contributed by atoms with Crippen molar-refractivity contribution in [2.75, 3.05) is 6.54 Å². The van der Waals surface area contributed by atoms with Crippen LogP contribution in [0.3, 0.4) is 0 Å². The number of aliphatic hydroxyl groups excluding tert-OH is 1. The van der Waals surface area contributed by atoms with Gasteiger partial charge in [-0.25, -0.2) is 4.79 Å². The van der Waals surface area contributed by atoms with Gasteiger partial charge in [-0.2, -0.15) is 13.2 Å². The Bertz CT molecular complexity index is 829. The predicted molar refractivity (Wildman–Crippen MR) is 97.8 cm³/mol. The van der Waals surface area contributed by atoms with Crippen LogP contribution in [0.15, 0.2) is 48.5 Å². The number of alkyl halides is 3. The van der Waals surface area contributed by atoms with Crippen molar-refractivity contribution in [3.63, 3.8) is 0 Å². The summed E-state index contributed by atoms with van der Waals surface area (Å²) in [4.78, 5) is 14.0. The van der Waals surface area contributed by atoms with Gasteiger partial charge < -0.3 is 14.7 Å². The number of rotatable bonds is 3. The van der Waals surface area contributed by atoms with Crippen LogP contribution < -0.4 is 0 Å². The van der Waals surface area contributed by atoms with Crippen LogP contribution in [0.5, 0.6) is 0 Å². The lowest BCUT2D eigenvalue weighted by molar-refractivity contribution is -0.137. The summed E-state index contributed by atoms with van der Waals surface area (Å²) in [5.74, 6) is 0. The third-order valence-corrected chi connectivity index (χ3v) is 5.03. The van der Waals surface area contributed by atoms with Crippen molar-refractivity contribution in [2.24, 2.45) is 0 Å². The number of amides is 1. The maximum Gasteiger partial charge on any atom is 0.416 e. The van der Waals surface area contributed by atoms with Gasteiger partial charge in [-0.1, -0.05) is 48.0 Å². The second-order valence-corrected chi connectivity index (χ2v) is 7.07. The molecule has 1 heterocycles. The summed E-state index contributed by atoms with van der Waals surface area (Å²) >= 11 is 6.10. The SMILES string of the molecule is O=C(OCc1ccccc1)N1CCC(O)CC1c1ccc(C(F)(F)F)cc1Cl. The van der Waals surface area contributed by atoms with E-state index in [1.807, 2.05) is 30.3 Å². The second kappa shape index (κ2) is 8.41. The molecule has 3 rings (SSSR count). The van der Waals surface area contributed by atoms with Crippen molar-refractivity contribution in [3.05, 3.63) is 70.2 Å². The van der Waals surface area contributed by atoms with E-state index < -0.39 is 30.0 Å². The molecule has 2 aromatic carbocycles.